The molecular formula is C20H23ClN2O5S. The van der Waals surface area contributed by atoms with E-state index in [9.17, 15) is 13.2 Å². The molecule has 0 unspecified atom stereocenters. The van der Waals surface area contributed by atoms with E-state index in [4.69, 9.17) is 21.1 Å². The molecule has 1 aliphatic rings. The molecule has 1 heterocycles. The van der Waals surface area contributed by atoms with Crippen LogP contribution in [0.5, 0.6) is 5.75 Å². The maximum Gasteiger partial charge on any atom is 0.263 e. The minimum absolute atomic E-state index is 0.0886. The van der Waals surface area contributed by atoms with E-state index >= 15 is 0 Å². The summed E-state index contributed by atoms with van der Waals surface area (Å²) in [7, 11) is -3.71. The van der Waals surface area contributed by atoms with Gasteiger partial charge < -0.3 is 14.4 Å². The fraction of sp³-hybridized carbons (Fsp3) is 0.350. The van der Waals surface area contributed by atoms with Crippen LogP contribution < -0.4 is 9.46 Å². The van der Waals surface area contributed by atoms with Gasteiger partial charge in [0, 0.05) is 24.7 Å². The predicted molar refractivity (Wildman–Crippen MR) is 109 cm³/mol. The molecule has 1 atom stereocenters. The van der Waals surface area contributed by atoms with Crippen molar-refractivity contribution in [2.24, 2.45) is 0 Å². The minimum atomic E-state index is -3.71. The van der Waals surface area contributed by atoms with E-state index in [0.717, 1.165) is 0 Å². The Balaban J connectivity index is 1.59. The molecule has 0 bridgehead atoms. The van der Waals surface area contributed by atoms with Crippen LogP contribution in [0.15, 0.2) is 53.4 Å². The summed E-state index contributed by atoms with van der Waals surface area (Å²) in [5.74, 6) is 0.301. The molecule has 0 aromatic heterocycles. The second kappa shape index (κ2) is 9.58. The molecule has 1 N–H and O–H groups in total. The van der Waals surface area contributed by atoms with Crippen molar-refractivity contribution in [2.45, 2.75) is 24.5 Å². The van der Waals surface area contributed by atoms with Crippen LogP contribution in [-0.2, 0) is 26.1 Å². The number of carbonyl (C=O) groups is 1. The van der Waals surface area contributed by atoms with Crippen molar-refractivity contribution in [3.8, 4) is 5.75 Å². The third-order valence-corrected chi connectivity index (χ3v) is 6.31. The molecule has 1 aliphatic heterocycles. The number of benzene rings is 2. The number of hydrogen-bond acceptors (Lipinski definition) is 5. The predicted octanol–water partition coefficient (Wildman–Crippen LogP) is 2.44. The molecule has 0 aliphatic carbocycles. The van der Waals surface area contributed by atoms with E-state index < -0.39 is 16.1 Å². The van der Waals surface area contributed by atoms with Gasteiger partial charge >= 0.3 is 0 Å². The Hall–Kier alpha value is -2.13. The lowest BCUT2D eigenvalue weighted by atomic mass is 10.2. The zero-order valence-corrected chi connectivity index (χ0v) is 17.6. The van der Waals surface area contributed by atoms with Crippen molar-refractivity contribution < 1.29 is 22.7 Å². The molecule has 1 amide bonds. The molecule has 1 saturated heterocycles. The molecule has 156 valence electrons. The van der Waals surface area contributed by atoms with Gasteiger partial charge in [0.05, 0.1) is 18.1 Å². The van der Waals surface area contributed by atoms with Crippen LogP contribution >= 0.6 is 11.6 Å². The van der Waals surface area contributed by atoms with Crippen molar-refractivity contribution in [1.82, 2.24) is 9.62 Å². The summed E-state index contributed by atoms with van der Waals surface area (Å²) in [6.07, 6.45) is -0.672. The second-order valence-electron chi connectivity index (χ2n) is 6.59. The molecule has 29 heavy (non-hydrogen) atoms. The fourth-order valence-electron chi connectivity index (χ4n) is 2.89. The Morgan fingerprint density at radius 3 is 2.48 bits per heavy atom. The summed E-state index contributed by atoms with van der Waals surface area (Å²) in [6.45, 7) is 3.89. The molecular weight excluding hydrogens is 416 g/mol. The molecule has 2 aromatic carbocycles. The Kier molecular flexibility index (Phi) is 7.13. The fourth-order valence-corrected chi connectivity index (χ4v) is 4.10. The van der Waals surface area contributed by atoms with Gasteiger partial charge in [0.25, 0.3) is 5.91 Å². The molecule has 0 radical (unpaired) electrons. The van der Waals surface area contributed by atoms with Crippen LogP contribution in [0.2, 0.25) is 5.02 Å². The van der Waals surface area contributed by atoms with E-state index in [1.807, 2.05) is 0 Å². The second-order valence-corrected chi connectivity index (χ2v) is 8.76. The maximum atomic E-state index is 12.5. The van der Waals surface area contributed by atoms with Crippen molar-refractivity contribution in [3.05, 3.63) is 59.1 Å². The highest BCUT2D eigenvalue weighted by Crippen LogP contribution is 2.19. The lowest BCUT2D eigenvalue weighted by Crippen LogP contribution is -2.46. The summed E-state index contributed by atoms with van der Waals surface area (Å²) in [5.41, 5.74) is 0.688. The van der Waals surface area contributed by atoms with Gasteiger partial charge in [0.1, 0.15) is 5.75 Å². The van der Waals surface area contributed by atoms with Gasteiger partial charge in [-0.05, 0) is 42.8 Å². The molecule has 1 fully saturated rings. The quantitative estimate of drug-likeness (QED) is 0.717. The Bertz CT molecular complexity index is 944. The van der Waals surface area contributed by atoms with Crippen LogP contribution in [0, 0.1) is 0 Å². The maximum absolute atomic E-state index is 12.5. The lowest BCUT2D eigenvalue weighted by Gasteiger charge is -2.29. The van der Waals surface area contributed by atoms with Crippen LogP contribution in [0.25, 0.3) is 0 Å². The van der Waals surface area contributed by atoms with Crippen molar-refractivity contribution in [2.75, 3.05) is 26.3 Å². The molecule has 9 heteroatoms. The summed E-state index contributed by atoms with van der Waals surface area (Å²) in [4.78, 5) is 14.2. The van der Waals surface area contributed by atoms with E-state index in [0.29, 0.717) is 42.6 Å². The first-order chi connectivity index (χ1) is 13.9. The van der Waals surface area contributed by atoms with Gasteiger partial charge in [-0.1, -0.05) is 29.8 Å². The number of amides is 1. The van der Waals surface area contributed by atoms with Crippen LogP contribution in [0.4, 0.5) is 0 Å². The number of carbonyl (C=O) groups excluding carboxylic acids is 1. The van der Waals surface area contributed by atoms with Gasteiger partial charge in [-0.15, -0.1) is 0 Å². The van der Waals surface area contributed by atoms with Gasteiger partial charge in [0.15, 0.2) is 6.10 Å². The van der Waals surface area contributed by atoms with E-state index in [2.05, 4.69) is 4.72 Å². The smallest absolute Gasteiger partial charge is 0.263 e. The molecule has 0 spiro atoms. The number of halogens is 1. The average molecular weight is 439 g/mol. The molecule has 7 nitrogen and oxygen atoms in total. The average Bonchev–Trinajstić information content (AvgIpc) is 2.73. The standard InChI is InChI=1S/C20H23ClN2O5S/c1-15(20(24)23-10-12-27-13-11-23)28-17-6-8-18(9-7-17)29(25,26)22-14-16-4-2-3-5-19(16)21/h2-9,15,22H,10-14H2,1H3/t15-/m0/s1. The lowest BCUT2D eigenvalue weighted by molar-refractivity contribution is -0.142. The first kappa shape index (κ1) is 21.6. The van der Waals surface area contributed by atoms with E-state index in [1.165, 1.54) is 24.3 Å². The summed E-state index contributed by atoms with van der Waals surface area (Å²) in [6, 6.07) is 13.0. The van der Waals surface area contributed by atoms with Gasteiger partial charge in [0.2, 0.25) is 10.0 Å². The number of nitrogens with zero attached hydrogens (tertiary/aromatic N) is 1. The molecule has 3 rings (SSSR count). The van der Waals surface area contributed by atoms with E-state index in [1.54, 1.807) is 36.1 Å². The number of hydrogen-bond donors (Lipinski definition) is 1. The zero-order valence-electron chi connectivity index (χ0n) is 16.0. The summed E-state index contributed by atoms with van der Waals surface area (Å²) in [5, 5.41) is 0.498. The van der Waals surface area contributed by atoms with Crippen LogP contribution in [-0.4, -0.2) is 51.6 Å². The van der Waals surface area contributed by atoms with Gasteiger partial charge in [-0.25, -0.2) is 13.1 Å². The number of ether oxygens (including phenoxy) is 2. The van der Waals surface area contributed by atoms with Gasteiger partial charge in [-0.3, -0.25) is 4.79 Å². The van der Waals surface area contributed by atoms with Crippen molar-refractivity contribution in [1.29, 1.82) is 0 Å². The molecule has 2 aromatic rings. The third kappa shape index (κ3) is 5.70. The topological polar surface area (TPSA) is 84.9 Å². The normalized spacial score (nSPS) is 15.7. The minimum Gasteiger partial charge on any atom is -0.481 e. The Labute approximate surface area is 175 Å². The first-order valence-electron chi connectivity index (χ1n) is 9.23. The van der Waals surface area contributed by atoms with E-state index in [-0.39, 0.29) is 17.3 Å². The summed E-state index contributed by atoms with van der Waals surface area (Å²) < 4.78 is 38.4. The summed E-state index contributed by atoms with van der Waals surface area (Å²) >= 11 is 6.06. The largest absolute Gasteiger partial charge is 0.481 e. The number of rotatable bonds is 7. The van der Waals surface area contributed by atoms with Crippen molar-refractivity contribution >= 4 is 27.5 Å². The number of nitrogens with one attached hydrogen (secondary N) is 1. The van der Waals surface area contributed by atoms with Gasteiger partial charge in [-0.2, -0.15) is 0 Å². The highest BCUT2D eigenvalue weighted by atomic mass is 35.5. The number of morpholine rings is 1. The zero-order chi connectivity index (χ0) is 20.9. The van der Waals surface area contributed by atoms with Crippen LogP contribution in [0.3, 0.4) is 0 Å². The SMILES string of the molecule is C[C@H](Oc1ccc(S(=O)(=O)NCc2ccccc2Cl)cc1)C(=O)N1CCOCC1. The third-order valence-electron chi connectivity index (χ3n) is 4.53. The Morgan fingerprint density at radius 2 is 1.83 bits per heavy atom. The Morgan fingerprint density at radius 1 is 1.17 bits per heavy atom. The van der Waals surface area contributed by atoms with Crippen molar-refractivity contribution in [3.63, 3.8) is 0 Å². The number of sulfonamides is 1. The monoisotopic (exact) mass is 438 g/mol. The highest BCUT2D eigenvalue weighted by Gasteiger charge is 2.24. The first-order valence-corrected chi connectivity index (χ1v) is 11.1. The molecule has 0 saturated carbocycles. The highest BCUT2D eigenvalue weighted by molar-refractivity contribution is 7.89. The van der Waals surface area contributed by atoms with Crippen LogP contribution in [0.1, 0.15) is 12.5 Å².